The molecular formula is C15H26N2O4. The first-order valence-corrected chi connectivity index (χ1v) is 7.91. The number of aliphatic carboxylic acids is 1. The van der Waals surface area contributed by atoms with E-state index < -0.39 is 5.97 Å². The molecule has 6 heteroatoms. The second-order valence-electron chi connectivity index (χ2n) is 6.11. The van der Waals surface area contributed by atoms with Gasteiger partial charge in [-0.2, -0.15) is 0 Å². The van der Waals surface area contributed by atoms with Gasteiger partial charge in [-0.1, -0.05) is 6.92 Å². The number of carboxylic acid groups (broad SMARTS) is 1. The predicted molar refractivity (Wildman–Crippen MR) is 78.0 cm³/mol. The summed E-state index contributed by atoms with van der Waals surface area (Å²) in [4.78, 5) is 24.7. The van der Waals surface area contributed by atoms with Gasteiger partial charge in [0.05, 0.1) is 6.54 Å². The Kier molecular flexibility index (Phi) is 5.99. The molecule has 0 radical (unpaired) electrons. The van der Waals surface area contributed by atoms with E-state index >= 15 is 0 Å². The molecule has 2 aliphatic rings. The molecule has 0 unspecified atom stereocenters. The average molecular weight is 298 g/mol. The van der Waals surface area contributed by atoms with Crippen LogP contribution in [-0.2, 0) is 14.3 Å². The van der Waals surface area contributed by atoms with Crippen LogP contribution in [0.1, 0.15) is 39.0 Å². The summed E-state index contributed by atoms with van der Waals surface area (Å²) in [5, 5.41) is 11.9. The van der Waals surface area contributed by atoms with E-state index in [9.17, 15) is 9.59 Å². The Labute approximate surface area is 125 Å². The Bertz CT molecular complexity index is 363. The van der Waals surface area contributed by atoms with Crippen LogP contribution in [-0.4, -0.2) is 60.3 Å². The Balaban J connectivity index is 1.64. The minimum Gasteiger partial charge on any atom is -0.480 e. The number of likely N-dealkylation sites (N-methyl/N-ethyl adjacent to an activating group) is 1. The van der Waals surface area contributed by atoms with Gasteiger partial charge < -0.3 is 15.2 Å². The molecule has 0 bridgehead atoms. The quantitative estimate of drug-likeness (QED) is 0.729. The summed E-state index contributed by atoms with van der Waals surface area (Å²) in [5.41, 5.74) is 0. The van der Waals surface area contributed by atoms with E-state index in [2.05, 4.69) is 5.32 Å². The van der Waals surface area contributed by atoms with Gasteiger partial charge in [-0.05, 0) is 38.1 Å². The summed E-state index contributed by atoms with van der Waals surface area (Å²) in [6.45, 7) is 4.33. The number of carbonyl (C=O) groups is 2. The maximum Gasteiger partial charge on any atom is 0.317 e. The van der Waals surface area contributed by atoms with E-state index in [0.717, 1.165) is 45.4 Å². The number of carboxylic acids is 1. The maximum atomic E-state index is 12.0. The van der Waals surface area contributed by atoms with E-state index in [-0.39, 0.29) is 18.5 Å². The van der Waals surface area contributed by atoms with Gasteiger partial charge in [-0.3, -0.25) is 14.5 Å². The molecule has 0 atom stereocenters. The zero-order valence-electron chi connectivity index (χ0n) is 12.7. The van der Waals surface area contributed by atoms with E-state index in [1.807, 2.05) is 11.8 Å². The Morgan fingerprint density at radius 2 is 1.95 bits per heavy atom. The predicted octanol–water partition coefficient (Wildman–Crippen LogP) is 0.857. The first-order valence-electron chi connectivity index (χ1n) is 7.91. The van der Waals surface area contributed by atoms with Crippen LogP contribution in [0.4, 0.5) is 0 Å². The Morgan fingerprint density at radius 1 is 1.29 bits per heavy atom. The lowest BCUT2D eigenvalue weighted by Gasteiger charge is -2.42. The van der Waals surface area contributed by atoms with Crippen molar-refractivity contribution in [1.82, 2.24) is 10.2 Å². The maximum absolute atomic E-state index is 12.0. The molecule has 21 heavy (non-hydrogen) atoms. The number of nitrogens with zero attached hydrogens (tertiary/aromatic N) is 1. The molecule has 1 saturated heterocycles. The van der Waals surface area contributed by atoms with Crippen molar-refractivity contribution in [2.24, 2.45) is 5.92 Å². The van der Waals surface area contributed by atoms with Gasteiger partial charge in [0.15, 0.2) is 0 Å². The average Bonchev–Trinajstić information content (AvgIpc) is 2.41. The molecule has 1 aliphatic carbocycles. The fourth-order valence-electron chi connectivity index (χ4n) is 3.18. The van der Waals surface area contributed by atoms with Gasteiger partial charge >= 0.3 is 5.97 Å². The lowest BCUT2D eigenvalue weighted by molar-refractivity contribution is -0.140. The number of amides is 1. The molecule has 1 saturated carbocycles. The van der Waals surface area contributed by atoms with Crippen molar-refractivity contribution in [3.63, 3.8) is 0 Å². The van der Waals surface area contributed by atoms with Gasteiger partial charge in [0.2, 0.25) is 5.91 Å². The molecule has 2 rings (SSSR count). The van der Waals surface area contributed by atoms with Crippen LogP contribution < -0.4 is 5.32 Å². The highest BCUT2D eigenvalue weighted by molar-refractivity contribution is 5.76. The zero-order chi connectivity index (χ0) is 15.2. The summed E-state index contributed by atoms with van der Waals surface area (Å²) < 4.78 is 5.29. The minimum atomic E-state index is -0.788. The van der Waals surface area contributed by atoms with Gasteiger partial charge in [0.25, 0.3) is 0 Å². The summed E-state index contributed by atoms with van der Waals surface area (Å²) in [7, 11) is 0. The van der Waals surface area contributed by atoms with Crippen molar-refractivity contribution in [3.05, 3.63) is 0 Å². The fraction of sp³-hybridized carbons (Fsp3) is 0.867. The van der Waals surface area contributed by atoms with Crippen molar-refractivity contribution in [1.29, 1.82) is 0 Å². The van der Waals surface area contributed by atoms with Gasteiger partial charge in [-0.15, -0.1) is 0 Å². The lowest BCUT2D eigenvalue weighted by atomic mass is 9.85. The van der Waals surface area contributed by atoms with Crippen molar-refractivity contribution in [2.75, 3.05) is 26.3 Å². The topological polar surface area (TPSA) is 78.9 Å². The standard InChI is InChI=1S/C15H26N2O4/c1-2-17(10-15(19)20)13-8-12(9-13)16-14(18)7-11-3-5-21-6-4-11/h11-13H,2-10H2,1H3,(H,16,18)(H,19,20). The molecule has 0 spiro atoms. The van der Waals surface area contributed by atoms with Crippen molar-refractivity contribution in [2.45, 2.75) is 51.1 Å². The van der Waals surface area contributed by atoms with E-state index in [1.165, 1.54) is 0 Å². The van der Waals surface area contributed by atoms with Crippen LogP contribution in [0.25, 0.3) is 0 Å². The number of hydrogen-bond acceptors (Lipinski definition) is 4. The first-order chi connectivity index (χ1) is 10.1. The third-order valence-corrected chi connectivity index (χ3v) is 4.55. The Morgan fingerprint density at radius 3 is 2.52 bits per heavy atom. The molecule has 0 aromatic heterocycles. The molecule has 2 fully saturated rings. The summed E-state index contributed by atoms with van der Waals surface area (Å²) in [5.74, 6) is -0.204. The van der Waals surface area contributed by atoms with E-state index in [0.29, 0.717) is 18.4 Å². The molecule has 1 amide bonds. The van der Waals surface area contributed by atoms with Crippen LogP contribution in [0, 0.1) is 5.92 Å². The van der Waals surface area contributed by atoms with Crippen molar-refractivity contribution in [3.8, 4) is 0 Å². The molecule has 1 heterocycles. The zero-order valence-corrected chi connectivity index (χ0v) is 12.7. The summed E-state index contributed by atoms with van der Waals surface area (Å²) in [6.07, 6.45) is 4.27. The molecule has 1 aliphatic heterocycles. The number of ether oxygens (including phenoxy) is 1. The van der Waals surface area contributed by atoms with E-state index in [1.54, 1.807) is 0 Å². The van der Waals surface area contributed by atoms with Crippen molar-refractivity contribution >= 4 is 11.9 Å². The van der Waals surface area contributed by atoms with Gasteiger partial charge in [-0.25, -0.2) is 0 Å². The van der Waals surface area contributed by atoms with E-state index in [4.69, 9.17) is 9.84 Å². The Hall–Kier alpha value is -1.14. The van der Waals surface area contributed by atoms with Crippen LogP contribution in [0.5, 0.6) is 0 Å². The SMILES string of the molecule is CCN(CC(=O)O)C1CC(NC(=O)CC2CCOCC2)C1. The van der Waals surface area contributed by atoms with Crippen LogP contribution in [0.15, 0.2) is 0 Å². The fourth-order valence-corrected chi connectivity index (χ4v) is 3.18. The van der Waals surface area contributed by atoms with Gasteiger partial charge in [0, 0.05) is 31.7 Å². The summed E-state index contributed by atoms with van der Waals surface area (Å²) in [6, 6.07) is 0.504. The van der Waals surface area contributed by atoms with Crippen LogP contribution >= 0.6 is 0 Å². The molecule has 0 aromatic carbocycles. The first kappa shape index (κ1) is 16.2. The second-order valence-corrected chi connectivity index (χ2v) is 6.11. The molecule has 0 aromatic rings. The highest BCUT2D eigenvalue weighted by Gasteiger charge is 2.34. The smallest absolute Gasteiger partial charge is 0.317 e. The van der Waals surface area contributed by atoms with Crippen LogP contribution in [0.3, 0.4) is 0 Å². The molecule has 120 valence electrons. The molecule has 2 N–H and O–H groups in total. The molecule has 6 nitrogen and oxygen atoms in total. The third kappa shape index (κ3) is 4.97. The number of hydrogen-bond donors (Lipinski definition) is 2. The van der Waals surface area contributed by atoms with Crippen LogP contribution in [0.2, 0.25) is 0 Å². The highest BCUT2D eigenvalue weighted by atomic mass is 16.5. The van der Waals surface area contributed by atoms with Crippen molar-refractivity contribution < 1.29 is 19.4 Å². The molecular weight excluding hydrogens is 272 g/mol. The number of rotatable bonds is 7. The monoisotopic (exact) mass is 298 g/mol. The largest absolute Gasteiger partial charge is 0.480 e. The van der Waals surface area contributed by atoms with Gasteiger partial charge in [0.1, 0.15) is 0 Å². The minimum absolute atomic E-state index is 0.0872. The number of nitrogens with one attached hydrogen (secondary N) is 1. The number of carbonyl (C=O) groups excluding carboxylic acids is 1. The normalized spacial score (nSPS) is 26.4. The highest BCUT2D eigenvalue weighted by Crippen LogP contribution is 2.26. The lowest BCUT2D eigenvalue weighted by Crippen LogP contribution is -2.55. The summed E-state index contributed by atoms with van der Waals surface area (Å²) >= 11 is 0. The second kappa shape index (κ2) is 7.75. The third-order valence-electron chi connectivity index (χ3n) is 4.55.